The number of hydrogen-bond donors (Lipinski definition) is 1. The van der Waals surface area contributed by atoms with Crippen LogP contribution in [0, 0.1) is 0 Å². The normalized spacial score (nSPS) is 17.1. The molecule has 0 aliphatic carbocycles. The number of rotatable bonds is 8. The lowest BCUT2D eigenvalue weighted by molar-refractivity contribution is -0.118. The van der Waals surface area contributed by atoms with Crippen LogP contribution in [0.15, 0.2) is 24.4 Å². The van der Waals surface area contributed by atoms with Gasteiger partial charge in [-0.25, -0.2) is 0 Å². The number of aromatic nitrogens is 1. The van der Waals surface area contributed by atoms with Crippen LogP contribution in [0.2, 0.25) is 0 Å². The molecule has 0 bridgehead atoms. The topological polar surface area (TPSA) is 54.5 Å². The third kappa shape index (κ3) is 5.59. The predicted octanol–water partition coefficient (Wildman–Crippen LogP) is 1.71. The van der Waals surface area contributed by atoms with E-state index in [1.165, 1.54) is 0 Å². The molecular formula is C16H25N3O2S. The number of nitrogens with one attached hydrogen (secondary N) is 1. The van der Waals surface area contributed by atoms with E-state index in [9.17, 15) is 4.79 Å². The largest absolute Gasteiger partial charge is 0.379 e. The lowest BCUT2D eigenvalue weighted by atomic mass is 10.1. The van der Waals surface area contributed by atoms with Crippen LogP contribution in [0.3, 0.4) is 0 Å². The van der Waals surface area contributed by atoms with Gasteiger partial charge < -0.3 is 10.1 Å². The summed E-state index contributed by atoms with van der Waals surface area (Å²) in [6, 6.07) is 6.05. The molecule has 1 fully saturated rings. The van der Waals surface area contributed by atoms with Crippen LogP contribution < -0.4 is 5.32 Å². The van der Waals surface area contributed by atoms with E-state index < -0.39 is 0 Å². The highest BCUT2D eigenvalue weighted by atomic mass is 32.2. The van der Waals surface area contributed by atoms with Gasteiger partial charge in [0.25, 0.3) is 0 Å². The summed E-state index contributed by atoms with van der Waals surface area (Å²) in [6.45, 7) is 5.96. The van der Waals surface area contributed by atoms with Crippen molar-refractivity contribution in [1.29, 1.82) is 0 Å². The molecule has 2 rings (SSSR count). The standard InChI is InChI=1S/C16H25N3O2S/c1-2-11-22-13-16(20)18-12-15(14-5-3-4-6-17-14)19-7-9-21-10-8-19/h3-6,15H,2,7-13H2,1H3,(H,18,20)/t15-/m0/s1. The smallest absolute Gasteiger partial charge is 0.230 e. The van der Waals surface area contributed by atoms with Crippen LogP contribution in [0.4, 0.5) is 0 Å². The molecule has 1 saturated heterocycles. The minimum Gasteiger partial charge on any atom is -0.379 e. The van der Waals surface area contributed by atoms with E-state index in [4.69, 9.17) is 4.74 Å². The number of ether oxygens (including phenoxy) is 1. The van der Waals surface area contributed by atoms with E-state index >= 15 is 0 Å². The summed E-state index contributed by atoms with van der Waals surface area (Å²) in [5.74, 6) is 1.67. The maximum Gasteiger partial charge on any atom is 0.230 e. The summed E-state index contributed by atoms with van der Waals surface area (Å²) in [4.78, 5) is 18.7. The van der Waals surface area contributed by atoms with Crippen molar-refractivity contribution in [3.63, 3.8) is 0 Å². The maximum atomic E-state index is 11.9. The molecule has 1 aliphatic heterocycles. The van der Waals surface area contributed by atoms with Crippen molar-refractivity contribution in [3.05, 3.63) is 30.1 Å². The van der Waals surface area contributed by atoms with Crippen molar-refractivity contribution in [3.8, 4) is 0 Å². The number of carbonyl (C=O) groups excluding carboxylic acids is 1. The van der Waals surface area contributed by atoms with E-state index in [1.807, 2.05) is 24.4 Å². The van der Waals surface area contributed by atoms with Crippen LogP contribution in [0.5, 0.6) is 0 Å². The number of nitrogens with zero attached hydrogens (tertiary/aromatic N) is 2. The van der Waals surface area contributed by atoms with Crippen molar-refractivity contribution in [1.82, 2.24) is 15.2 Å². The molecule has 1 aromatic rings. The highest BCUT2D eigenvalue weighted by Crippen LogP contribution is 2.19. The molecule has 1 atom stereocenters. The average Bonchev–Trinajstić information content (AvgIpc) is 2.57. The molecule has 1 amide bonds. The highest BCUT2D eigenvalue weighted by molar-refractivity contribution is 7.99. The van der Waals surface area contributed by atoms with E-state index in [-0.39, 0.29) is 11.9 Å². The summed E-state index contributed by atoms with van der Waals surface area (Å²) in [5, 5.41) is 3.06. The Morgan fingerprint density at radius 1 is 1.45 bits per heavy atom. The van der Waals surface area contributed by atoms with Crippen molar-refractivity contribution in [2.45, 2.75) is 19.4 Å². The van der Waals surface area contributed by atoms with Gasteiger partial charge in [-0.15, -0.1) is 0 Å². The molecule has 2 heterocycles. The molecule has 1 N–H and O–H groups in total. The van der Waals surface area contributed by atoms with E-state index in [0.717, 1.165) is 44.2 Å². The number of carbonyl (C=O) groups is 1. The van der Waals surface area contributed by atoms with E-state index in [0.29, 0.717) is 12.3 Å². The van der Waals surface area contributed by atoms with Gasteiger partial charge in [0.05, 0.1) is 30.7 Å². The second kappa shape index (κ2) is 9.82. The molecular weight excluding hydrogens is 298 g/mol. The van der Waals surface area contributed by atoms with Gasteiger partial charge in [0.1, 0.15) is 0 Å². The van der Waals surface area contributed by atoms with Crippen LogP contribution in [-0.4, -0.2) is 60.1 Å². The number of morpholine rings is 1. The zero-order valence-electron chi connectivity index (χ0n) is 13.2. The first kappa shape index (κ1) is 17.2. The molecule has 0 unspecified atom stereocenters. The first-order valence-electron chi connectivity index (χ1n) is 7.88. The van der Waals surface area contributed by atoms with Gasteiger partial charge in [0, 0.05) is 25.8 Å². The van der Waals surface area contributed by atoms with Crippen LogP contribution >= 0.6 is 11.8 Å². The Balaban J connectivity index is 1.91. The van der Waals surface area contributed by atoms with Gasteiger partial charge in [0.15, 0.2) is 0 Å². The van der Waals surface area contributed by atoms with Crippen molar-refractivity contribution < 1.29 is 9.53 Å². The number of hydrogen-bond acceptors (Lipinski definition) is 5. The first-order chi connectivity index (χ1) is 10.8. The van der Waals surface area contributed by atoms with Crippen LogP contribution in [0.25, 0.3) is 0 Å². The van der Waals surface area contributed by atoms with Gasteiger partial charge in [-0.1, -0.05) is 13.0 Å². The van der Waals surface area contributed by atoms with E-state index in [1.54, 1.807) is 11.8 Å². The average molecular weight is 323 g/mol. The van der Waals surface area contributed by atoms with Crippen LogP contribution in [-0.2, 0) is 9.53 Å². The Labute approximate surface area is 136 Å². The fourth-order valence-electron chi connectivity index (χ4n) is 2.45. The fraction of sp³-hybridized carbons (Fsp3) is 0.625. The Morgan fingerprint density at radius 2 is 2.27 bits per heavy atom. The molecule has 0 spiro atoms. The maximum absolute atomic E-state index is 11.9. The SMILES string of the molecule is CCCSCC(=O)NC[C@@H](c1ccccn1)N1CCOCC1. The molecule has 5 nitrogen and oxygen atoms in total. The second-order valence-electron chi connectivity index (χ2n) is 5.28. The van der Waals surface area contributed by atoms with E-state index in [2.05, 4.69) is 22.1 Å². The van der Waals surface area contributed by atoms with Gasteiger partial charge in [0.2, 0.25) is 5.91 Å². The summed E-state index contributed by atoms with van der Waals surface area (Å²) < 4.78 is 5.42. The second-order valence-corrected chi connectivity index (χ2v) is 6.38. The Morgan fingerprint density at radius 3 is 2.95 bits per heavy atom. The molecule has 6 heteroatoms. The molecule has 0 aromatic carbocycles. The zero-order valence-corrected chi connectivity index (χ0v) is 14.0. The first-order valence-corrected chi connectivity index (χ1v) is 9.04. The summed E-state index contributed by atoms with van der Waals surface area (Å²) in [7, 11) is 0. The third-order valence-corrected chi connectivity index (χ3v) is 4.75. The third-order valence-electron chi connectivity index (χ3n) is 3.59. The highest BCUT2D eigenvalue weighted by Gasteiger charge is 2.23. The molecule has 1 aliphatic rings. The Kier molecular flexibility index (Phi) is 7.70. The van der Waals surface area contributed by atoms with Crippen molar-refractivity contribution in [2.75, 3.05) is 44.4 Å². The summed E-state index contributed by atoms with van der Waals surface area (Å²) in [5.41, 5.74) is 1.01. The Bertz CT molecular complexity index is 438. The summed E-state index contributed by atoms with van der Waals surface area (Å²) in [6.07, 6.45) is 2.91. The number of thioether (sulfide) groups is 1. The van der Waals surface area contributed by atoms with Crippen molar-refractivity contribution in [2.24, 2.45) is 0 Å². The molecule has 0 radical (unpaired) electrons. The predicted molar refractivity (Wildman–Crippen MR) is 90.0 cm³/mol. The molecule has 0 saturated carbocycles. The lowest BCUT2D eigenvalue weighted by Crippen LogP contribution is -2.44. The monoisotopic (exact) mass is 323 g/mol. The lowest BCUT2D eigenvalue weighted by Gasteiger charge is -2.34. The summed E-state index contributed by atoms with van der Waals surface area (Å²) >= 11 is 1.68. The Hall–Kier alpha value is -1.11. The molecule has 1 aromatic heterocycles. The van der Waals surface area contributed by atoms with Crippen molar-refractivity contribution >= 4 is 17.7 Å². The minimum absolute atomic E-state index is 0.104. The molecule has 122 valence electrons. The van der Waals surface area contributed by atoms with Gasteiger partial charge in [-0.3, -0.25) is 14.7 Å². The quantitative estimate of drug-likeness (QED) is 0.738. The fourth-order valence-corrected chi connectivity index (χ4v) is 3.17. The van der Waals surface area contributed by atoms with Gasteiger partial charge in [-0.05, 0) is 24.3 Å². The van der Waals surface area contributed by atoms with Gasteiger partial charge in [-0.2, -0.15) is 11.8 Å². The van der Waals surface area contributed by atoms with Gasteiger partial charge >= 0.3 is 0 Å². The zero-order chi connectivity index (χ0) is 15.6. The minimum atomic E-state index is 0.104. The number of amides is 1. The molecule has 22 heavy (non-hydrogen) atoms. The number of pyridine rings is 1. The van der Waals surface area contributed by atoms with Crippen LogP contribution in [0.1, 0.15) is 25.1 Å².